The molecule has 0 aliphatic rings. The molecule has 5 heteroatoms. The number of carboxylic acids is 1. The Bertz CT molecular complexity index is 766. The van der Waals surface area contributed by atoms with Gasteiger partial charge in [0.2, 0.25) is 0 Å². The minimum Gasteiger partial charge on any atom is -0.489 e. The second-order valence-electron chi connectivity index (χ2n) is 6.08. The van der Waals surface area contributed by atoms with Crippen LogP contribution in [-0.4, -0.2) is 30.3 Å². The monoisotopic (exact) mass is 344 g/mol. The van der Waals surface area contributed by atoms with Crippen LogP contribution < -0.4 is 4.74 Å². The smallest absolute Gasteiger partial charge is 0.306 e. The molecule has 0 bridgehead atoms. The second kappa shape index (κ2) is 8.51. The Morgan fingerprint density at radius 2 is 1.92 bits per heavy atom. The standard InChI is InChI=1S/C20H24O5/c1-4-15-12-16-7-5-6-8-17(16)14(3)19(15)25-10-9-24-18(21)11-13(2)20(22)23/h5-8,12-13H,4,9-11H2,1-3H3,(H,22,23). The van der Waals surface area contributed by atoms with Gasteiger partial charge in [-0.05, 0) is 41.3 Å². The number of hydrogen-bond donors (Lipinski definition) is 1. The maximum atomic E-state index is 11.6. The van der Waals surface area contributed by atoms with Crippen molar-refractivity contribution in [1.29, 1.82) is 0 Å². The summed E-state index contributed by atoms with van der Waals surface area (Å²) >= 11 is 0. The minimum absolute atomic E-state index is 0.0978. The third-order valence-electron chi connectivity index (χ3n) is 4.19. The maximum Gasteiger partial charge on any atom is 0.306 e. The summed E-state index contributed by atoms with van der Waals surface area (Å²) in [5.41, 5.74) is 2.18. The molecule has 0 aromatic heterocycles. The zero-order valence-corrected chi connectivity index (χ0v) is 14.9. The summed E-state index contributed by atoms with van der Waals surface area (Å²) in [4.78, 5) is 22.3. The minimum atomic E-state index is -1.01. The Balaban J connectivity index is 1.98. The summed E-state index contributed by atoms with van der Waals surface area (Å²) in [6, 6.07) is 10.3. The molecule has 2 rings (SSSR count). The van der Waals surface area contributed by atoms with E-state index in [1.165, 1.54) is 12.3 Å². The summed E-state index contributed by atoms with van der Waals surface area (Å²) in [5, 5.41) is 11.1. The summed E-state index contributed by atoms with van der Waals surface area (Å²) in [7, 11) is 0. The Hall–Kier alpha value is -2.56. The number of fused-ring (bicyclic) bond motifs is 1. The molecular weight excluding hydrogens is 320 g/mol. The summed E-state index contributed by atoms with van der Waals surface area (Å²) < 4.78 is 10.9. The van der Waals surface area contributed by atoms with Crippen LogP contribution in [0.5, 0.6) is 5.75 Å². The van der Waals surface area contributed by atoms with Crippen LogP contribution in [0.4, 0.5) is 0 Å². The highest BCUT2D eigenvalue weighted by atomic mass is 16.6. The molecule has 5 nitrogen and oxygen atoms in total. The van der Waals surface area contributed by atoms with Crippen molar-refractivity contribution in [2.24, 2.45) is 5.92 Å². The molecule has 0 saturated carbocycles. The Morgan fingerprint density at radius 1 is 1.20 bits per heavy atom. The fraction of sp³-hybridized carbons (Fsp3) is 0.400. The lowest BCUT2D eigenvalue weighted by Gasteiger charge is -2.16. The van der Waals surface area contributed by atoms with E-state index in [0.29, 0.717) is 0 Å². The molecule has 0 heterocycles. The molecule has 134 valence electrons. The number of ether oxygens (including phenoxy) is 2. The van der Waals surface area contributed by atoms with Gasteiger partial charge in [-0.3, -0.25) is 9.59 Å². The molecule has 0 spiro atoms. The molecule has 0 amide bonds. The van der Waals surface area contributed by atoms with Crippen LogP contribution in [0.2, 0.25) is 0 Å². The highest BCUT2D eigenvalue weighted by Crippen LogP contribution is 2.32. The fourth-order valence-corrected chi connectivity index (χ4v) is 2.74. The van der Waals surface area contributed by atoms with Gasteiger partial charge in [-0.2, -0.15) is 0 Å². The van der Waals surface area contributed by atoms with Crippen molar-refractivity contribution in [3.05, 3.63) is 41.5 Å². The predicted octanol–water partition coefficient (Wildman–Crippen LogP) is 3.74. The first-order chi connectivity index (χ1) is 11.9. The van der Waals surface area contributed by atoms with E-state index in [9.17, 15) is 9.59 Å². The van der Waals surface area contributed by atoms with Crippen molar-refractivity contribution in [2.45, 2.75) is 33.6 Å². The van der Waals surface area contributed by atoms with E-state index in [2.05, 4.69) is 25.1 Å². The van der Waals surface area contributed by atoms with Gasteiger partial charge >= 0.3 is 11.9 Å². The number of aryl methyl sites for hydroxylation is 2. The molecule has 2 aromatic carbocycles. The predicted molar refractivity (Wildman–Crippen MR) is 95.9 cm³/mol. The first-order valence-electron chi connectivity index (χ1n) is 8.46. The van der Waals surface area contributed by atoms with Crippen LogP contribution in [0.15, 0.2) is 30.3 Å². The van der Waals surface area contributed by atoms with Crippen molar-refractivity contribution in [3.63, 3.8) is 0 Å². The molecule has 2 aromatic rings. The van der Waals surface area contributed by atoms with Crippen molar-refractivity contribution in [3.8, 4) is 5.75 Å². The van der Waals surface area contributed by atoms with Crippen molar-refractivity contribution >= 4 is 22.7 Å². The number of carbonyl (C=O) groups excluding carboxylic acids is 1. The van der Waals surface area contributed by atoms with Crippen LogP contribution >= 0.6 is 0 Å². The van der Waals surface area contributed by atoms with Gasteiger partial charge in [0.25, 0.3) is 0 Å². The Labute approximate surface area is 147 Å². The summed E-state index contributed by atoms with van der Waals surface area (Å²) in [5.74, 6) is -1.45. The van der Waals surface area contributed by atoms with Crippen molar-refractivity contribution in [1.82, 2.24) is 0 Å². The lowest BCUT2D eigenvalue weighted by Crippen LogP contribution is -2.18. The first-order valence-corrected chi connectivity index (χ1v) is 8.46. The molecule has 0 saturated heterocycles. The number of rotatable bonds is 8. The Morgan fingerprint density at radius 3 is 2.60 bits per heavy atom. The van der Waals surface area contributed by atoms with E-state index in [1.807, 2.05) is 19.1 Å². The van der Waals surface area contributed by atoms with Gasteiger partial charge in [0.15, 0.2) is 0 Å². The number of benzene rings is 2. The molecule has 0 fully saturated rings. The number of carboxylic acid groups (broad SMARTS) is 1. The largest absolute Gasteiger partial charge is 0.489 e. The number of aliphatic carboxylic acids is 1. The molecular formula is C20H24O5. The van der Waals surface area contributed by atoms with E-state index in [1.54, 1.807) is 0 Å². The quantitative estimate of drug-likeness (QED) is 0.583. The second-order valence-corrected chi connectivity index (χ2v) is 6.08. The third-order valence-corrected chi connectivity index (χ3v) is 4.19. The van der Waals surface area contributed by atoms with Gasteiger partial charge in [0, 0.05) is 0 Å². The number of carbonyl (C=O) groups is 2. The van der Waals surface area contributed by atoms with Crippen LogP contribution in [0.1, 0.15) is 31.4 Å². The number of esters is 1. The van der Waals surface area contributed by atoms with Crippen LogP contribution in [0.3, 0.4) is 0 Å². The van der Waals surface area contributed by atoms with E-state index in [4.69, 9.17) is 14.6 Å². The lowest BCUT2D eigenvalue weighted by molar-refractivity contribution is -0.151. The van der Waals surface area contributed by atoms with Crippen molar-refractivity contribution < 1.29 is 24.2 Å². The normalized spacial score (nSPS) is 12.0. The van der Waals surface area contributed by atoms with Gasteiger partial charge < -0.3 is 14.6 Å². The van der Waals surface area contributed by atoms with Gasteiger partial charge in [0.05, 0.1) is 12.3 Å². The molecule has 25 heavy (non-hydrogen) atoms. The third kappa shape index (κ3) is 4.72. The van der Waals surface area contributed by atoms with Crippen LogP contribution in [-0.2, 0) is 20.7 Å². The average Bonchev–Trinajstić information content (AvgIpc) is 2.59. The van der Waals surface area contributed by atoms with E-state index < -0.39 is 17.9 Å². The molecule has 0 aliphatic carbocycles. The van der Waals surface area contributed by atoms with Gasteiger partial charge in [0.1, 0.15) is 19.0 Å². The van der Waals surface area contributed by atoms with E-state index in [-0.39, 0.29) is 19.6 Å². The number of hydrogen-bond acceptors (Lipinski definition) is 4. The Kier molecular flexibility index (Phi) is 6.39. The molecule has 1 N–H and O–H groups in total. The summed E-state index contributed by atoms with van der Waals surface area (Å²) in [6.07, 6.45) is 0.710. The zero-order chi connectivity index (χ0) is 18.4. The average molecular weight is 344 g/mol. The summed E-state index contributed by atoms with van der Waals surface area (Å²) in [6.45, 7) is 5.91. The molecule has 0 aliphatic heterocycles. The fourth-order valence-electron chi connectivity index (χ4n) is 2.74. The van der Waals surface area contributed by atoms with Gasteiger partial charge in [-0.25, -0.2) is 0 Å². The first kappa shape index (κ1) is 18.8. The molecule has 0 radical (unpaired) electrons. The van der Waals surface area contributed by atoms with E-state index in [0.717, 1.165) is 28.7 Å². The highest BCUT2D eigenvalue weighted by Gasteiger charge is 2.17. The van der Waals surface area contributed by atoms with Crippen molar-refractivity contribution in [2.75, 3.05) is 13.2 Å². The molecule has 1 unspecified atom stereocenters. The van der Waals surface area contributed by atoms with E-state index >= 15 is 0 Å². The maximum absolute atomic E-state index is 11.6. The van der Waals surface area contributed by atoms with Crippen LogP contribution in [0.25, 0.3) is 10.8 Å². The van der Waals surface area contributed by atoms with Gasteiger partial charge in [-0.15, -0.1) is 0 Å². The van der Waals surface area contributed by atoms with Gasteiger partial charge in [-0.1, -0.05) is 38.1 Å². The topological polar surface area (TPSA) is 72.8 Å². The highest BCUT2D eigenvalue weighted by molar-refractivity contribution is 5.88. The SMILES string of the molecule is CCc1cc2ccccc2c(C)c1OCCOC(=O)CC(C)C(=O)O. The zero-order valence-electron chi connectivity index (χ0n) is 14.9. The van der Waals surface area contributed by atoms with Crippen LogP contribution in [0, 0.1) is 12.8 Å². The molecule has 1 atom stereocenters. The lowest BCUT2D eigenvalue weighted by atomic mass is 9.99.